The molecule has 1 unspecified atom stereocenters. The van der Waals surface area contributed by atoms with Crippen molar-refractivity contribution in [2.24, 2.45) is 0 Å². The number of amides is 1. The number of hydrogen-bond acceptors (Lipinski definition) is 3. The van der Waals surface area contributed by atoms with Crippen molar-refractivity contribution in [1.82, 2.24) is 9.88 Å². The van der Waals surface area contributed by atoms with Gasteiger partial charge in [-0.2, -0.15) is 0 Å². The van der Waals surface area contributed by atoms with Gasteiger partial charge in [-0.15, -0.1) is 0 Å². The van der Waals surface area contributed by atoms with Crippen molar-refractivity contribution in [1.29, 1.82) is 0 Å². The van der Waals surface area contributed by atoms with Crippen molar-refractivity contribution in [2.45, 2.75) is 46.4 Å². The molecule has 192 valence electrons. The van der Waals surface area contributed by atoms with Gasteiger partial charge in [0.2, 0.25) is 0 Å². The summed E-state index contributed by atoms with van der Waals surface area (Å²) in [6.45, 7) is 7.99. The Morgan fingerprint density at radius 3 is 2.43 bits per heavy atom. The van der Waals surface area contributed by atoms with E-state index >= 15 is 0 Å². The van der Waals surface area contributed by atoms with Gasteiger partial charge in [0, 0.05) is 38.2 Å². The molecule has 0 saturated heterocycles. The van der Waals surface area contributed by atoms with Crippen molar-refractivity contribution in [3.05, 3.63) is 98.1 Å². The first-order chi connectivity index (χ1) is 17.5. The molecule has 2 N–H and O–H groups in total. The molecule has 3 aromatic carbocycles. The molecule has 1 amide bonds. The van der Waals surface area contributed by atoms with Gasteiger partial charge in [-0.25, -0.2) is 4.79 Å². The van der Waals surface area contributed by atoms with Gasteiger partial charge in [0.25, 0.3) is 5.91 Å². The number of ether oxygens (including phenoxy) is 1. The Morgan fingerprint density at radius 1 is 1.05 bits per heavy atom. The molecule has 1 heterocycles. The smallest absolute Gasteiger partial charge is 0.344 e. The number of halogens is 2. The van der Waals surface area contributed by atoms with Gasteiger partial charge in [0.15, 0.2) is 6.10 Å². The van der Waals surface area contributed by atoms with Gasteiger partial charge in [0.1, 0.15) is 5.75 Å². The molecule has 0 fully saturated rings. The maximum absolute atomic E-state index is 13.1. The number of aryl methyl sites for hydroxylation is 1. The predicted molar refractivity (Wildman–Crippen MR) is 150 cm³/mol. The lowest BCUT2D eigenvalue weighted by Gasteiger charge is -2.15. The van der Waals surface area contributed by atoms with Crippen LogP contribution in [0.4, 0.5) is 0 Å². The second-order valence-electron chi connectivity index (χ2n) is 9.13. The topological polar surface area (TPSA) is 80.6 Å². The maximum atomic E-state index is 13.1. The summed E-state index contributed by atoms with van der Waals surface area (Å²) in [5.41, 5.74) is 5.53. The molecule has 4 rings (SSSR count). The number of carboxylic acid groups (broad SMARTS) is 1. The van der Waals surface area contributed by atoms with Gasteiger partial charge >= 0.3 is 5.97 Å². The molecule has 8 heteroatoms. The molecule has 4 aromatic rings. The first-order valence-corrected chi connectivity index (χ1v) is 13.1. The van der Waals surface area contributed by atoms with Crippen LogP contribution in [-0.2, 0) is 11.3 Å². The number of nitrogens with zero attached hydrogens (tertiary/aromatic N) is 1. The molecular weight excluding hydrogens is 556 g/mol. The molecule has 0 aliphatic carbocycles. The van der Waals surface area contributed by atoms with Crippen molar-refractivity contribution in [3.8, 4) is 5.75 Å². The lowest BCUT2D eigenvalue weighted by atomic mass is 10.1. The summed E-state index contributed by atoms with van der Waals surface area (Å²) in [7, 11) is 0. The molecule has 0 aliphatic heterocycles. The largest absolute Gasteiger partial charge is 0.479 e. The van der Waals surface area contributed by atoms with Crippen molar-refractivity contribution in [2.75, 3.05) is 0 Å². The van der Waals surface area contributed by atoms with Crippen LogP contribution in [0.3, 0.4) is 0 Å². The third-order valence-corrected chi connectivity index (χ3v) is 7.52. The SMILES string of the molecule is Cc1c(C)n(Cc2cc(OC(C)C(=O)O)ccc2Cl)c2ccc(C(=O)N[C@@H](C)c3ccc(Br)cc3)cc12. The average Bonchev–Trinajstić information content (AvgIpc) is 3.10. The Labute approximate surface area is 229 Å². The van der Waals surface area contributed by atoms with E-state index in [1.165, 1.54) is 6.92 Å². The quantitative estimate of drug-likeness (QED) is 0.233. The summed E-state index contributed by atoms with van der Waals surface area (Å²) >= 11 is 9.93. The van der Waals surface area contributed by atoms with Crippen LogP contribution in [0, 0.1) is 13.8 Å². The molecule has 0 spiro atoms. The van der Waals surface area contributed by atoms with Crippen LogP contribution in [0.25, 0.3) is 10.9 Å². The standard InChI is InChI=1S/C29H28BrClN2O4/c1-16-18(3)33(15-22-13-24(10-11-26(22)31)37-19(4)29(35)36)27-12-7-21(14-25(16)27)28(34)32-17(2)20-5-8-23(30)9-6-20/h5-14,17,19H,15H2,1-4H3,(H,32,34)(H,35,36)/t17-,19?/m0/s1. The van der Waals surface area contributed by atoms with Crippen molar-refractivity contribution in [3.63, 3.8) is 0 Å². The van der Waals surface area contributed by atoms with E-state index in [1.807, 2.05) is 63.2 Å². The van der Waals surface area contributed by atoms with E-state index in [-0.39, 0.29) is 11.9 Å². The number of benzene rings is 3. The van der Waals surface area contributed by atoms with Crippen LogP contribution in [0.1, 0.15) is 52.6 Å². The zero-order valence-corrected chi connectivity index (χ0v) is 23.4. The number of fused-ring (bicyclic) bond motifs is 1. The van der Waals surface area contributed by atoms with Crippen LogP contribution in [0.2, 0.25) is 5.02 Å². The molecule has 0 saturated carbocycles. The fourth-order valence-electron chi connectivity index (χ4n) is 4.28. The number of hydrogen-bond donors (Lipinski definition) is 2. The van der Waals surface area contributed by atoms with E-state index in [9.17, 15) is 9.59 Å². The van der Waals surface area contributed by atoms with Gasteiger partial charge in [-0.3, -0.25) is 4.79 Å². The van der Waals surface area contributed by atoms with Crippen LogP contribution in [0.5, 0.6) is 5.75 Å². The van der Waals surface area contributed by atoms with E-state index in [0.29, 0.717) is 22.9 Å². The number of nitrogens with one attached hydrogen (secondary N) is 1. The number of aliphatic carboxylic acids is 1. The van der Waals surface area contributed by atoms with Crippen LogP contribution in [-0.4, -0.2) is 27.7 Å². The summed E-state index contributed by atoms with van der Waals surface area (Å²) in [5, 5.41) is 13.8. The Kier molecular flexibility index (Phi) is 7.95. The molecular formula is C29H28BrClN2O4. The first-order valence-electron chi connectivity index (χ1n) is 11.9. The van der Waals surface area contributed by atoms with Gasteiger partial charge < -0.3 is 19.7 Å². The number of aromatic nitrogens is 1. The molecule has 37 heavy (non-hydrogen) atoms. The number of carboxylic acids is 1. The van der Waals surface area contributed by atoms with Crippen molar-refractivity contribution < 1.29 is 19.4 Å². The molecule has 6 nitrogen and oxygen atoms in total. The Morgan fingerprint density at radius 2 is 1.76 bits per heavy atom. The van der Waals surface area contributed by atoms with Crippen LogP contribution < -0.4 is 10.1 Å². The highest BCUT2D eigenvalue weighted by molar-refractivity contribution is 9.10. The van der Waals surface area contributed by atoms with E-state index in [4.69, 9.17) is 21.4 Å². The summed E-state index contributed by atoms with van der Waals surface area (Å²) in [5.74, 6) is -0.730. The fourth-order valence-corrected chi connectivity index (χ4v) is 4.72. The summed E-state index contributed by atoms with van der Waals surface area (Å²) in [6, 6.07) is 18.6. The lowest BCUT2D eigenvalue weighted by Crippen LogP contribution is -2.26. The maximum Gasteiger partial charge on any atom is 0.344 e. The van der Waals surface area contributed by atoms with Gasteiger partial charge in [-0.1, -0.05) is 39.7 Å². The molecule has 1 aromatic heterocycles. The number of carbonyl (C=O) groups excluding carboxylic acids is 1. The highest BCUT2D eigenvalue weighted by Gasteiger charge is 2.18. The van der Waals surface area contributed by atoms with Crippen LogP contribution in [0.15, 0.2) is 65.1 Å². The molecule has 0 aliphatic rings. The van der Waals surface area contributed by atoms with E-state index in [1.54, 1.807) is 18.2 Å². The lowest BCUT2D eigenvalue weighted by molar-refractivity contribution is -0.144. The Balaban J connectivity index is 1.60. The second-order valence-corrected chi connectivity index (χ2v) is 10.4. The monoisotopic (exact) mass is 582 g/mol. The Bertz CT molecular complexity index is 1480. The van der Waals surface area contributed by atoms with Gasteiger partial charge in [-0.05, 0) is 92.9 Å². The second kappa shape index (κ2) is 11.0. The number of rotatable bonds is 8. The minimum atomic E-state index is -1.04. The summed E-state index contributed by atoms with van der Waals surface area (Å²) < 4.78 is 8.66. The summed E-state index contributed by atoms with van der Waals surface area (Å²) in [6.07, 6.45) is -0.971. The number of carbonyl (C=O) groups is 2. The minimum absolute atomic E-state index is 0.135. The third kappa shape index (κ3) is 5.84. The zero-order chi connectivity index (χ0) is 26.9. The fraction of sp³-hybridized carbons (Fsp3) is 0.241. The first kappa shape index (κ1) is 26.8. The zero-order valence-electron chi connectivity index (χ0n) is 21.0. The van der Waals surface area contributed by atoms with E-state index in [2.05, 4.69) is 25.8 Å². The average molecular weight is 584 g/mol. The normalized spacial score (nSPS) is 12.8. The Hall–Kier alpha value is -3.29. The van der Waals surface area contributed by atoms with E-state index < -0.39 is 12.1 Å². The van der Waals surface area contributed by atoms with Gasteiger partial charge in [0.05, 0.1) is 6.04 Å². The highest BCUT2D eigenvalue weighted by atomic mass is 79.9. The molecule has 2 atom stereocenters. The predicted octanol–water partition coefficient (Wildman–Crippen LogP) is 7.07. The van der Waals surface area contributed by atoms with Crippen molar-refractivity contribution >= 4 is 50.3 Å². The molecule has 0 bridgehead atoms. The third-order valence-electron chi connectivity index (χ3n) is 6.62. The van der Waals surface area contributed by atoms with E-state index in [0.717, 1.165) is 37.8 Å². The van der Waals surface area contributed by atoms with Crippen LogP contribution >= 0.6 is 27.5 Å². The highest BCUT2D eigenvalue weighted by Crippen LogP contribution is 2.30. The summed E-state index contributed by atoms with van der Waals surface area (Å²) in [4.78, 5) is 24.2. The molecule has 0 radical (unpaired) electrons. The minimum Gasteiger partial charge on any atom is -0.479 e.